The Kier molecular flexibility index (Phi) is 15.0. The largest absolute Gasteiger partial charge is 0.392 e. The first-order chi connectivity index (χ1) is 16.2. The molecule has 188 valence electrons. The molecule has 2 N–H and O–H groups in total. The van der Waals surface area contributed by atoms with Crippen LogP contribution in [0.3, 0.4) is 0 Å². The molecule has 1 unspecified atom stereocenters. The summed E-state index contributed by atoms with van der Waals surface area (Å²) in [5.41, 5.74) is 1.03. The molecule has 0 spiro atoms. The highest BCUT2D eigenvalue weighted by atomic mass is 19.2. The number of hydrogen-bond acceptors (Lipinski definition) is 5. The van der Waals surface area contributed by atoms with E-state index in [1.54, 1.807) is 6.92 Å². The molecule has 1 fully saturated rings. The van der Waals surface area contributed by atoms with Crippen LogP contribution in [0.1, 0.15) is 40.7 Å². The normalized spacial score (nSPS) is 15.2. The predicted octanol–water partition coefficient (Wildman–Crippen LogP) is 4.23. The summed E-state index contributed by atoms with van der Waals surface area (Å²) in [6, 6.07) is 5.67. The number of likely N-dealkylation sites (tertiary alicyclic amines) is 1. The summed E-state index contributed by atoms with van der Waals surface area (Å²) in [5.74, 6) is -5.02. The Morgan fingerprint density at radius 3 is 2.21 bits per heavy atom. The lowest BCUT2D eigenvalue weighted by Gasteiger charge is -2.14. The van der Waals surface area contributed by atoms with Crippen LogP contribution in [-0.4, -0.2) is 55.7 Å². The molecule has 2 aromatic rings. The average Bonchev–Trinajstić information content (AvgIpc) is 3.02. The summed E-state index contributed by atoms with van der Waals surface area (Å²) >= 11 is 0. The summed E-state index contributed by atoms with van der Waals surface area (Å²) in [7, 11) is 2.06. The van der Waals surface area contributed by atoms with E-state index >= 15 is 0 Å². The third-order valence-electron chi connectivity index (χ3n) is 4.84. The van der Waals surface area contributed by atoms with E-state index in [-0.39, 0.29) is 17.4 Å². The van der Waals surface area contributed by atoms with Crippen LogP contribution < -0.4 is 5.32 Å². The Labute approximate surface area is 196 Å². The van der Waals surface area contributed by atoms with Crippen molar-refractivity contribution in [2.24, 2.45) is 0 Å². The van der Waals surface area contributed by atoms with Crippen LogP contribution in [0.25, 0.3) is 0 Å². The number of carbonyl (C=O) groups excluding carboxylic acids is 3. The molecule has 1 saturated heterocycles. The molecule has 1 aliphatic heterocycles. The predicted molar refractivity (Wildman–Crippen MR) is 122 cm³/mol. The number of nitrogens with one attached hydrogen (secondary N) is 1. The summed E-state index contributed by atoms with van der Waals surface area (Å²) in [6.07, 6.45) is 3.35. The van der Waals surface area contributed by atoms with Crippen LogP contribution in [0, 0.1) is 24.4 Å². The standard InChI is InChI=1S/C15H11F4NO.C7H15NO.2CH2O/c1-8-4-9(2-3-10(8)7-16)15(21)20-11-5-12(17)14(19)13(18)6-11;1-8-5-3-2-4-7(9)6-8;2*1-2/h2-6H,7H2,1H3,(H,20,21);7,9H,2-6H2,1H3;2*1H2. The van der Waals surface area contributed by atoms with Crippen molar-refractivity contribution in [3.8, 4) is 0 Å². The van der Waals surface area contributed by atoms with Gasteiger partial charge in [-0.2, -0.15) is 0 Å². The first-order valence-electron chi connectivity index (χ1n) is 10.3. The number of nitrogens with zero attached hydrogens (tertiary/aromatic N) is 1. The van der Waals surface area contributed by atoms with E-state index in [2.05, 4.69) is 17.3 Å². The van der Waals surface area contributed by atoms with Crippen LogP contribution in [-0.2, 0) is 16.3 Å². The van der Waals surface area contributed by atoms with Gasteiger partial charge in [-0.05, 0) is 63.0 Å². The zero-order valence-electron chi connectivity index (χ0n) is 19.3. The molecule has 3 rings (SSSR count). The van der Waals surface area contributed by atoms with Gasteiger partial charge in [-0.3, -0.25) is 4.79 Å². The minimum Gasteiger partial charge on any atom is -0.392 e. The number of hydrogen-bond donors (Lipinski definition) is 2. The number of carbonyl (C=O) groups is 3. The van der Waals surface area contributed by atoms with Gasteiger partial charge in [0.05, 0.1) is 6.10 Å². The summed E-state index contributed by atoms with van der Waals surface area (Å²) in [6.45, 7) is 7.00. The number of halogens is 4. The number of β-amino-alcohol motifs (C(OH)–C–C–N with tert-alkyl or cyclic N) is 1. The number of amides is 1. The number of alkyl halides is 1. The minimum atomic E-state index is -1.60. The van der Waals surface area contributed by atoms with Gasteiger partial charge in [0.1, 0.15) is 20.3 Å². The van der Waals surface area contributed by atoms with Crippen molar-refractivity contribution in [3.05, 3.63) is 64.5 Å². The van der Waals surface area contributed by atoms with Gasteiger partial charge in [-0.1, -0.05) is 6.07 Å². The number of aliphatic hydroxyl groups excluding tert-OH is 1. The van der Waals surface area contributed by atoms with E-state index in [1.807, 2.05) is 13.6 Å². The Morgan fingerprint density at radius 1 is 1.09 bits per heavy atom. The first kappa shape index (κ1) is 30.9. The maximum absolute atomic E-state index is 13.0. The second kappa shape index (κ2) is 16.5. The van der Waals surface area contributed by atoms with Gasteiger partial charge in [0.15, 0.2) is 17.5 Å². The molecule has 1 atom stereocenters. The van der Waals surface area contributed by atoms with Crippen LogP contribution in [0.2, 0.25) is 0 Å². The summed E-state index contributed by atoms with van der Waals surface area (Å²) < 4.78 is 51.5. The van der Waals surface area contributed by atoms with Crippen molar-refractivity contribution in [1.29, 1.82) is 0 Å². The lowest BCUT2D eigenvalue weighted by molar-refractivity contribution is -0.0987. The third-order valence-corrected chi connectivity index (χ3v) is 4.84. The van der Waals surface area contributed by atoms with Gasteiger partial charge >= 0.3 is 0 Å². The fourth-order valence-electron chi connectivity index (χ4n) is 3.12. The quantitative estimate of drug-likeness (QED) is 0.501. The SMILES string of the molecule is C=O.C=O.CN1CCCCC(O)C1.Cc1cc(C(=O)Nc2cc(F)c(F)c(F)c2)ccc1CF. The van der Waals surface area contributed by atoms with Crippen LogP contribution in [0.5, 0.6) is 0 Å². The highest BCUT2D eigenvalue weighted by Crippen LogP contribution is 2.19. The van der Waals surface area contributed by atoms with Crippen molar-refractivity contribution in [1.82, 2.24) is 4.90 Å². The molecule has 10 heteroatoms. The smallest absolute Gasteiger partial charge is 0.255 e. The van der Waals surface area contributed by atoms with Gasteiger partial charge in [0.25, 0.3) is 5.91 Å². The van der Waals surface area contributed by atoms with Crippen LogP contribution in [0.4, 0.5) is 23.2 Å². The second-order valence-electron chi connectivity index (χ2n) is 7.39. The molecule has 0 saturated carbocycles. The molecule has 0 aromatic heterocycles. The maximum Gasteiger partial charge on any atom is 0.255 e. The number of benzene rings is 2. The van der Waals surface area contributed by atoms with Gasteiger partial charge in [-0.25, -0.2) is 17.6 Å². The molecule has 34 heavy (non-hydrogen) atoms. The molecular formula is C24H30F4N2O4. The Morgan fingerprint density at radius 2 is 1.68 bits per heavy atom. The Bertz CT molecular complexity index is 880. The van der Waals surface area contributed by atoms with Crippen molar-refractivity contribution in [2.75, 3.05) is 25.5 Å². The van der Waals surface area contributed by atoms with Crippen molar-refractivity contribution in [3.63, 3.8) is 0 Å². The van der Waals surface area contributed by atoms with Gasteiger partial charge < -0.3 is 24.9 Å². The number of rotatable bonds is 3. The molecule has 0 bridgehead atoms. The van der Waals surface area contributed by atoms with Gasteiger partial charge in [0.2, 0.25) is 0 Å². The molecule has 0 radical (unpaired) electrons. The second-order valence-corrected chi connectivity index (χ2v) is 7.39. The summed E-state index contributed by atoms with van der Waals surface area (Å²) in [4.78, 5) is 30.1. The number of aryl methyl sites for hydroxylation is 1. The van der Waals surface area contributed by atoms with E-state index in [0.29, 0.717) is 23.3 Å². The zero-order chi connectivity index (χ0) is 26.3. The molecule has 2 aromatic carbocycles. The summed E-state index contributed by atoms with van der Waals surface area (Å²) in [5, 5.41) is 11.5. The van der Waals surface area contributed by atoms with Gasteiger partial charge in [-0.15, -0.1) is 0 Å². The minimum absolute atomic E-state index is 0.0718. The molecule has 1 heterocycles. The topological polar surface area (TPSA) is 86.7 Å². The van der Waals surface area contributed by atoms with Crippen molar-refractivity contribution < 1.29 is 37.1 Å². The highest BCUT2D eigenvalue weighted by molar-refractivity contribution is 6.04. The maximum atomic E-state index is 13.0. The molecule has 0 aliphatic carbocycles. The Hall–Kier alpha value is -3.11. The fraction of sp³-hybridized carbons (Fsp3) is 0.375. The molecule has 6 nitrogen and oxygen atoms in total. The first-order valence-corrected chi connectivity index (χ1v) is 10.3. The van der Waals surface area contributed by atoms with E-state index in [0.717, 1.165) is 19.5 Å². The van der Waals surface area contributed by atoms with E-state index in [1.165, 1.54) is 31.0 Å². The fourth-order valence-corrected chi connectivity index (χ4v) is 3.12. The van der Waals surface area contributed by atoms with Crippen molar-refractivity contribution in [2.45, 2.75) is 39.0 Å². The van der Waals surface area contributed by atoms with E-state index < -0.39 is 30.0 Å². The average molecular weight is 487 g/mol. The van der Waals surface area contributed by atoms with Crippen molar-refractivity contribution >= 4 is 25.2 Å². The van der Waals surface area contributed by atoms with Gasteiger partial charge in [0, 0.05) is 29.9 Å². The molecule has 1 amide bonds. The lowest BCUT2D eigenvalue weighted by atomic mass is 10.1. The number of anilines is 1. The molecular weight excluding hydrogens is 456 g/mol. The number of aliphatic hydroxyl groups is 1. The Balaban J connectivity index is 0.000000698. The van der Waals surface area contributed by atoms with E-state index in [4.69, 9.17) is 9.59 Å². The van der Waals surface area contributed by atoms with E-state index in [9.17, 15) is 27.5 Å². The molecule has 1 aliphatic rings. The lowest BCUT2D eigenvalue weighted by Crippen LogP contribution is -2.26. The van der Waals surface area contributed by atoms with Crippen LogP contribution >= 0.6 is 0 Å². The number of likely N-dealkylation sites (N-methyl/N-ethyl adjacent to an activating group) is 1. The van der Waals surface area contributed by atoms with Crippen LogP contribution in [0.15, 0.2) is 30.3 Å². The third kappa shape index (κ3) is 10.2. The highest BCUT2D eigenvalue weighted by Gasteiger charge is 2.14. The zero-order valence-corrected chi connectivity index (χ0v) is 19.3. The monoisotopic (exact) mass is 486 g/mol.